The van der Waals surface area contributed by atoms with Gasteiger partial charge < -0.3 is 9.84 Å². The number of aliphatic hydroxyl groups excluding tert-OH is 1. The van der Waals surface area contributed by atoms with E-state index in [4.69, 9.17) is 4.74 Å². The largest absolute Gasteiger partial charge is 0.497 e. The van der Waals surface area contributed by atoms with Crippen molar-refractivity contribution in [3.05, 3.63) is 95.6 Å². The summed E-state index contributed by atoms with van der Waals surface area (Å²) in [5, 5.41) is 11.3. The summed E-state index contributed by atoms with van der Waals surface area (Å²) < 4.78 is 33.5. The Morgan fingerprint density at radius 3 is 2.25 bits per heavy atom. The fourth-order valence-electron chi connectivity index (χ4n) is 4.51. The van der Waals surface area contributed by atoms with Crippen molar-refractivity contribution in [1.82, 2.24) is 4.31 Å². The second-order valence-electron chi connectivity index (χ2n) is 8.36. The van der Waals surface area contributed by atoms with Gasteiger partial charge in [-0.1, -0.05) is 60.2 Å². The van der Waals surface area contributed by atoms with Gasteiger partial charge in [-0.25, -0.2) is 8.42 Å². The molecule has 0 spiro atoms. The van der Waals surface area contributed by atoms with Gasteiger partial charge in [-0.15, -0.1) is 0 Å². The van der Waals surface area contributed by atoms with Crippen LogP contribution in [0.5, 0.6) is 5.75 Å². The van der Waals surface area contributed by atoms with Gasteiger partial charge in [0.05, 0.1) is 18.1 Å². The van der Waals surface area contributed by atoms with Crippen LogP contribution in [0.15, 0.2) is 83.8 Å². The van der Waals surface area contributed by atoms with Crippen molar-refractivity contribution in [3.63, 3.8) is 0 Å². The van der Waals surface area contributed by atoms with Gasteiger partial charge in [0.25, 0.3) is 0 Å². The van der Waals surface area contributed by atoms with E-state index in [0.29, 0.717) is 17.9 Å². The number of aryl methyl sites for hydroxylation is 1. The zero-order chi connectivity index (χ0) is 22.7. The minimum Gasteiger partial charge on any atom is -0.497 e. The maximum absolute atomic E-state index is 13.4. The lowest BCUT2D eigenvalue weighted by Gasteiger charge is -2.40. The van der Waals surface area contributed by atoms with Crippen molar-refractivity contribution < 1.29 is 18.3 Å². The molecule has 1 heterocycles. The molecule has 5 nitrogen and oxygen atoms in total. The van der Waals surface area contributed by atoms with E-state index < -0.39 is 16.1 Å². The maximum atomic E-state index is 13.4. The van der Waals surface area contributed by atoms with Gasteiger partial charge in [0.1, 0.15) is 5.75 Å². The summed E-state index contributed by atoms with van der Waals surface area (Å²) in [5.41, 5.74) is 2.89. The predicted octanol–water partition coefficient (Wildman–Crippen LogP) is 4.53. The molecule has 1 fully saturated rings. The van der Waals surface area contributed by atoms with E-state index in [1.807, 2.05) is 73.7 Å². The summed E-state index contributed by atoms with van der Waals surface area (Å²) in [6.45, 7) is 2.59. The van der Waals surface area contributed by atoms with Crippen LogP contribution in [0.2, 0.25) is 0 Å². The topological polar surface area (TPSA) is 66.8 Å². The van der Waals surface area contributed by atoms with Crippen molar-refractivity contribution >= 4 is 10.0 Å². The molecule has 0 unspecified atom stereocenters. The fraction of sp³-hybridized carbons (Fsp3) is 0.308. The van der Waals surface area contributed by atoms with Gasteiger partial charge in [-0.05, 0) is 54.7 Å². The molecular formula is C26H29NO4S. The van der Waals surface area contributed by atoms with Crippen LogP contribution in [0.3, 0.4) is 0 Å². The van der Waals surface area contributed by atoms with E-state index in [0.717, 1.165) is 22.4 Å². The zero-order valence-electron chi connectivity index (χ0n) is 18.4. The Morgan fingerprint density at radius 2 is 1.62 bits per heavy atom. The molecule has 1 aliphatic heterocycles. The summed E-state index contributed by atoms with van der Waals surface area (Å²) in [6, 6.07) is 24.3. The Bertz CT molecular complexity index is 1130. The molecule has 3 aromatic carbocycles. The molecule has 0 bridgehead atoms. The number of benzene rings is 3. The zero-order valence-corrected chi connectivity index (χ0v) is 19.2. The minimum absolute atomic E-state index is 0.0283. The third kappa shape index (κ3) is 4.58. The average molecular weight is 452 g/mol. The molecule has 0 amide bonds. The second kappa shape index (κ2) is 9.45. The Kier molecular flexibility index (Phi) is 6.65. The lowest BCUT2D eigenvalue weighted by atomic mass is 9.76. The van der Waals surface area contributed by atoms with Crippen molar-refractivity contribution in [2.75, 3.05) is 20.2 Å². The normalized spacial score (nSPS) is 20.6. The molecule has 32 heavy (non-hydrogen) atoms. The summed E-state index contributed by atoms with van der Waals surface area (Å²) in [7, 11) is -2.01. The first kappa shape index (κ1) is 22.5. The number of hydrogen-bond donors (Lipinski definition) is 1. The van der Waals surface area contributed by atoms with Crippen LogP contribution >= 0.6 is 0 Å². The SMILES string of the molecule is COc1ccc([C@H]2CCN(S(=O)(=O)c3ccc(C)cc3)C[C@@H]2[C@@H](O)c2ccccc2)cc1. The first-order chi connectivity index (χ1) is 15.4. The number of ether oxygens (including phenoxy) is 1. The first-order valence-electron chi connectivity index (χ1n) is 10.8. The smallest absolute Gasteiger partial charge is 0.243 e. The van der Waals surface area contributed by atoms with Gasteiger partial charge in [0.15, 0.2) is 0 Å². The molecule has 168 valence electrons. The van der Waals surface area contributed by atoms with Crippen LogP contribution in [0, 0.1) is 12.8 Å². The molecule has 4 rings (SSSR count). The molecule has 1 saturated heterocycles. The van der Waals surface area contributed by atoms with Gasteiger partial charge >= 0.3 is 0 Å². The third-order valence-electron chi connectivity index (χ3n) is 6.37. The van der Waals surface area contributed by atoms with E-state index in [2.05, 4.69) is 0 Å². The number of methoxy groups -OCH3 is 1. The molecule has 1 N–H and O–H groups in total. The highest BCUT2D eigenvalue weighted by Crippen LogP contribution is 2.42. The van der Waals surface area contributed by atoms with Crippen LogP contribution in [0.1, 0.15) is 35.1 Å². The summed E-state index contributed by atoms with van der Waals surface area (Å²) in [6.07, 6.45) is -0.147. The minimum atomic E-state index is -3.64. The highest BCUT2D eigenvalue weighted by atomic mass is 32.2. The van der Waals surface area contributed by atoms with E-state index in [-0.39, 0.29) is 18.4 Å². The van der Waals surface area contributed by atoms with Crippen LogP contribution in [0.4, 0.5) is 0 Å². The van der Waals surface area contributed by atoms with Crippen molar-refractivity contribution in [2.24, 2.45) is 5.92 Å². The Hall–Kier alpha value is -2.67. The molecule has 6 heteroatoms. The van der Waals surface area contributed by atoms with Crippen molar-refractivity contribution in [3.8, 4) is 5.75 Å². The number of nitrogens with zero attached hydrogens (tertiary/aromatic N) is 1. The molecule has 1 aliphatic rings. The van der Waals surface area contributed by atoms with Crippen molar-refractivity contribution in [1.29, 1.82) is 0 Å². The van der Waals surface area contributed by atoms with Crippen LogP contribution < -0.4 is 4.74 Å². The summed E-state index contributed by atoms with van der Waals surface area (Å²) >= 11 is 0. The van der Waals surface area contributed by atoms with Gasteiger partial charge in [-0.2, -0.15) is 4.31 Å². The predicted molar refractivity (Wildman–Crippen MR) is 125 cm³/mol. The van der Waals surface area contributed by atoms with Crippen LogP contribution in [-0.2, 0) is 10.0 Å². The van der Waals surface area contributed by atoms with Crippen LogP contribution in [0.25, 0.3) is 0 Å². The van der Waals surface area contributed by atoms with Crippen molar-refractivity contribution in [2.45, 2.75) is 30.3 Å². The van der Waals surface area contributed by atoms with E-state index in [1.165, 1.54) is 4.31 Å². The Balaban J connectivity index is 1.67. The molecular weight excluding hydrogens is 422 g/mol. The highest BCUT2D eigenvalue weighted by molar-refractivity contribution is 7.89. The molecule has 3 aromatic rings. The number of rotatable bonds is 6. The van der Waals surface area contributed by atoms with E-state index in [1.54, 1.807) is 19.2 Å². The number of aliphatic hydroxyl groups is 1. The standard InChI is InChI=1S/C26H29NO4S/c1-19-8-14-23(15-9-19)32(29,30)27-17-16-24(20-10-12-22(31-2)13-11-20)25(18-27)26(28)21-6-4-3-5-7-21/h3-15,24-26,28H,16-18H2,1-2H3/t24-,25+,26+/m1/s1. The van der Waals surface area contributed by atoms with E-state index in [9.17, 15) is 13.5 Å². The molecule has 0 aromatic heterocycles. The summed E-state index contributed by atoms with van der Waals surface area (Å²) in [4.78, 5) is 0.291. The van der Waals surface area contributed by atoms with E-state index >= 15 is 0 Å². The number of piperidine rings is 1. The summed E-state index contributed by atoms with van der Waals surface area (Å²) in [5.74, 6) is 0.522. The maximum Gasteiger partial charge on any atom is 0.243 e. The number of sulfonamides is 1. The van der Waals surface area contributed by atoms with Gasteiger partial charge in [0, 0.05) is 19.0 Å². The number of hydrogen-bond acceptors (Lipinski definition) is 4. The quantitative estimate of drug-likeness (QED) is 0.598. The Morgan fingerprint density at radius 1 is 0.969 bits per heavy atom. The average Bonchev–Trinajstić information content (AvgIpc) is 2.84. The molecule has 3 atom stereocenters. The highest BCUT2D eigenvalue weighted by Gasteiger charge is 2.40. The lowest BCUT2D eigenvalue weighted by Crippen LogP contribution is -2.44. The lowest BCUT2D eigenvalue weighted by molar-refractivity contribution is 0.0587. The third-order valence-corrected chi connectivity index (χ3v) is 8.25. The molecule has 0 radical (unpaired) electrons. The first-order valence-corrected chi connectivity index (χ1v) is 12.3. The molecule has 0 saturated carbocycles. The Labute approximate surface area is 190 Å². The van der Waals surface area contributed by atoms with Gasteiger partial charge in [-0.3, -0.25) is 0 Å². The fourth-order valence-corrected chi connectivity index (χ4v) is 6.00. The van der Waals surface area contributed by atoms with Gasteiger partial charge in [0.2, 0.25) is 10.0 Å². The second-order valence-corrected chi connectivity index (χ2v) is 10.3. The molecule has 0 aliphatic carbocycles. The monoisotopic (exact) mass is 451 g/mol. The van der Waals surface area contributed by atoms with Crippen LogP contribution in [-0.4, -0.2) is 38.0 Å².